The molecular formula is C16H14FNOS. The van der Waals surface area contributed by atoms with Crippen molar-refractivity contribution < 1.29 is 9.13 Å². The Morgan fingerprint density at radius 3 is 2.85 bits per heavy atom. The molecule has 0 radical (unpaired) electrons. The van der Waals surface area contributed by atoms with Crippen LogP contribution in [-0.4, -0.2) is 7.11 Å². The van der Waals surface area contributed by atoms with Crippen LogP contribution >= 0.6 is 11.3 Å². The predicted molar refractivity (Wildman–Crippen MR) is 82.1 cm³/mol. The predicted octanol–water partition coefficient (Wildman–Crippen LogP) is 4.66. The number of halogens is 1. The quantitative estimate of drug-likeness (QED) is 0.753. The van der Waals surface area contributed by atoms with E-state index < -0.39 is 0 Å². The van der Waals surface area contributed by atoms with Crippen molar-refractivity contribution in [1.29, 1.82) is 0 Å². The molecule has 102 valence electrons. The van der Waals surface area contributed by atoms with E-state index in [1.54, 1.807) is 17.4 Å². The van der Waals surface area contributed by atoms with Crippen LogP contribution in [0.5, 0.6) is 5.75 Å². The Hall–Kier alpha value is -2.07. The lowest BCUT2D eigenvalue weighted by Crippen LogP contribution is -2.00. The SMILES string of the molecule is COc1ccc(CNc2ccc3sccc3c2)cc1F. The van der Waals surface area contributed by atoms with E-state index in [0.717, 1.165) is 11.3 Å². The summed E-state index contributed by atoms with van der Waals surface area (Å²) in [5.74, 6) is -0.0615. The standard InChI is InChI=1S/C16H14FNOS/c1-19-15-4-2-11(8-14(15)17)10-18-13-3-5-16-12(9-13)6-7-20-16/h2-9,18H,10H2,1H3. The topological polar surface area (TPSA) is 21.3 Å². The zero-order valence-corrected chi connectivity index (χ0v) is 11.8. The maximum atomic E-state index is 13.6. The van der Waals surface area contributed by atoms with E-state index in [0.29, 0.717) is 6.54 Å². The molecule has 0 spiro atoms. The summed E-state index contributed by atoms with van der Waals surface area (Å²) in [5.41, 5.74) is 1.92. The van der Waals surface area contributed by atoms with Gasteiger partial charge in [0.25, 0.3) is 0 Å². The molecule has 1 aromatic heterocycles. The molecule has 0 fully saturated rings. The van der Waals surface area contributed by atoms with Crippen LogP contribution in [0.15, 0.2) is 47.8 Å². The van der Waals surface area contributed by atoms with Crippen LogP contribution < -0.4 is 10.1 Å². The minimum atomic E-state index is -0.333. The van der Waals surface area contributed by atoms with E-state index in [1.807, 2.05) is 12.1 Å². The van der Waals surface area contributed by atoms with Gasteiger partial charge in [-0.15, -0.1) is 11.3 Å². The average molecular weight is 287 g/mol. The maximum Gasteiger partial charge on any atom is 0.165 e. The lowest BCUT2D eigenvalue weighted by Gasteiger charge is -2.08. The third kappa shape index (κ3) is 2.60. The summed E-state index contributed by atoms with van der Waals surface area (Å²) in [6, 6.07) is 13.3. The van der Waals surface area contributed by atoms with Crippen LogP contribution in [0.25, 0.3) is 10.1 Å². The van der Waals surface area contributed by atoms with E-state index in [2.05, 4.69) is 28.9 Å². The van der Waals surface area contributed by atoms with Crippen molar-refractivity contribution in [2.24, 2.45) is 0 Å². The van der Waals surface area contributed by atoms with Gasteiger partial charge in [-0.2, -0.15) is 0 Å². The molecule has 1 heterocycles. The van der Waals surface area contributed by atoms with Gasteiger partial charge in [0.1, 0.15) is 0 Å². The molecule has 0 aliphatic carbocycles. The van der Waals surface area contributed by atoms with Crippen LogP contribution in [0.4, 0.5) is 10.1 Å². The van der Waals surface area contributed by atoms with Gasteiger partial charge in [-0.3, -0.25) is 0 Å². The minimum Gasteiger partial charge on any atom is -0.494 e. The Morgan fingerprint density at radius 1 is 1.15 bits per heavy atom. The number of methoxy groups -OCH3 is 1. The third-order valence-corrected chi connectivity index (χ3v) is 4.06. The van der Waals surface area contributed by atoms with Crippen LogP contribution in [0.1, 0.15) is 5.56 Å². The maximum absolute atomic E-state index is 13.6. The molecule has 2 nitrogen and oxygen atoms in total. The van der Waals surface area contributed by atoms with Gasteiger partial charge in [-0.1, -0.05) is 6.07 Å². The number of nitrogens with one attached hydrogen (secondary N) is 1. The second kappa shape index (κ2) is 5.51. The summed E-state index contributed by atoms with van der Waals surface area (Å²) >= 11 is 1.73. The Balaban J connectivity index is 1.73. The molecule has 1 N–H and O–H groups in total. The molecule has 0 aliphatic heterocycles. The fraction of sp³-hybridized carbons (Fsp3) is 0.125. The van der Waals surface area contributed by atoms with Crippen molar-refractivity contribution in [2.45, 2.75) is 6.54 Å². The van der Waals surface area contributed by atoms with Crippen LogP contribution in [0.3, 0.4) is 0 Å². The number of hydrogen-bond donors (Lipinski definition) is 1. The Labute approximate surface area is 120 Å². The summed E-state index contributed by atoms with van der Waals surface area (Å²) in [6.07, 6.45) is 0. The van der Waals surface area contributed by atoms with Gasteiger partial charge in [0.2, 0.25) is 0 Å². The molecule has 0 amide bonds. The van der Waals surface area contributed by atoms with Crippen LogP contribution in [-0.2, 0) is 6.54 Å². The Morgan fingerprint density at radius 2 is 2.05 bits per heavy atom. The van der Waals surface area contributed by atoms with Crippen molar-refractivity contribution >= 4 is 27.1 Å². The Bertz CT molecular complexity index is 738. The van der Waals surface area contributed by atoms with Gasteiger partial charge in [-0.05, 0) is 52.7 Å². The van der Waals surface area contributed by atoms with Crippen molar-refractivity contribution in [3.8, 4) is 5.75 Å². The Kier molecular flexibility index (Phi) is 3.56. The van der Waals surface area contributed by atoms with E-state index in [4.69, 9.17) is 4.74 Å². The number of ether oxygens (including phenoxy) is 1. The van der Waals surface area contributed by atoms with Crippen molar-refractivity contribution in [3.63, 3.8) is 0 Å². The molecule has 0 aliphatic rings. The zero-order chi connectivity index (χ0) is 13.9. The summed E-state index contributed by atoms with van der Waals surface area (Å²) < 4.78 is 19.8. The molecule has 0 unspecified atom stereocenters. The van der Waals surface area contributed by atoms with Gasteiger partial charge in [0, 0.05) is 16.9 Å². The number of rotatable bonds is 4. The van der Waals surface area contributed by atoms with E-state index in [-0.39, 0.29) is 11.6 Å². The second-order valence-electron chi connectivity index (χ2n) is 4.50. The third-order valence-electron chi connectivity index (χ3n) is 3.17. The number of hydrogen-bond acceptors (Lipinski definition) is 3. The second-order valence-corrected chi connectivity index (χ2v) is 5.44. The largest absolute Gasteiger partial charge is 0.494 e. The summed E-state index contributed by atoms with van der Waals surface area (Å²) in [7, 11) is 1.46. The number of fused-ring (bicyclic) bond motifs is 1. The van der Waals surface area contributed by atoms with Crippen LogP contribution in [0, 0.1) is 5.82 Å². The first-order valence-electron chi connectivity index (χ1n) is 6.30. The van der Waals surface area contributed by atoms with Gasteiger partial charge in [0.05, 0.1) is 7.11 Å². The monoisotopic (exact) mass is 287 g/mol. The number of benzene rings is 2. The van der Waals surface area contributed by atoms with E-state index >= 15 is 0 Å². The molecule has 0 saturated heterocycles. The molecule has 0 saturated carbocycles. The summed E-state index contributed by atoms with van der Waals surface area (Å²) in [4.78, 5) is 0. The number of anilines is 1. The molecule has 2 aromatic carbocycles. The zero-order valence-electron chi connectivity index (χ0n) is 11.0. The highest BCUT2D eigenvalue weighted by Crippen LogP contribution is 2.24. The van der Waals surface area contributed by atoms with Crippen molar-refractivity contribution in [2.75, 3.05) is 12.4 Å². The van der Waals surface area contributed by atoms with Crippen molar-refractivity contribution in [3.05, 3.63) is 59.2 Å². The summed E-state index contributed by atoms with van der Waals surface area (Å²) in [5, 5.41) is 6.60. The highest BCUT2D eigenvalue weighted by molar-refractivity contribution is 7.17. The first kappa shape index (κ1) is 12.9. The first-order valence-corrected chi connectivity index (χ1v) is 7.18. The minimum absolute atomic E-state index is 0.272. The molecule has 4 heteroatoms. The van der Waals surface area contributed by atoms with Crippen molar-refractivity contribution in [1.82, 2.24) is 0 Å². The fourth-order valence-corrected chi connectivity index (χ4v) is 2.87. The number of thiophene rings is 1. The van der Waals surface area contributed by atoms with Gasteiger partial charge >= 0.3 is 0 Å². The normalized spacial score (nSPS) is 10.7. The van der Waals surface area contributed by atoms with Gasteiger partial charge in [0.15, 0.2) is 11.6 Å². The highest BCUT2D eigenvalue weighted by Gasteiger charge is 2.03. The smallest absolute Gasteiger partial charge is 0.165 e. The van der Waals surface area contributed by atoms with Gasteiger partial charge < -0.3 is 10.1 Å². The lowest BCUT2D eigenvalue weighted by atomic mass is 10.2. The van der Waals surface area contributed by atoms with E-state index in [9.17, 15) is 4.39 Å². The van der Waals surface area contributed by atoms with E-state index in [1.165, 1.54) is 23.3 Å². The average Bonchev–Trinajstić information content (AvgIpc) is 2.92. The molecule has 0 bridgehead atoms. The van der Waals surface area contributed by atoms with Crippen LogP contribution in [0.2, 0.25) is 0 Å². The highest BCUT2D eigenvalue weighted by atomic mass is 32.1. The molecule has 3 aromatic rings. The van der Waals surface area contributed by atoms with Gasteiger partial charge in [-0.25, -0.2) is 4.39 Å². The molecule has 3 rings (SSSR count). The first-order chi connectivity index (χ1) is 9.76. The molecule has 20 heavy (non-hydrogen) atoms. The molecular weight excluding hydrogens is 273 g/mol. The fourth-order valence-electron chi connectivity index (χ4n) is 2.10. The molecule has 0 atom stereocenters. The summed E-state index contributed by atoms with van der Waals surface area (Å²) in [6.45, 7) is 0.580. The lowest BCUT2D eigenvalue weighted by molar-refractivity contribution is 0.386.